The molecule has 1 heterocycles. The maximum Gasteiger partial charge on any atom is 0.336 e. The number of amides is 1. The molecule has 0 aliphatic carbocycles. The summed E-state index contributed by atoms with van der Waals surface area (Å²) >= 11 is 6.18. The third kappa shape index (κ3) is 4.99. The highest BCUT2D eigenvalue weighted by Crippen LogP contribution is 2.30. The molecule has 24 heavy (non-hydrogen) atoms. The molecule has 0 unspecified atom stereocenters. The van der Waals surface area contributed by atoms with Crippen LogP contribution in [0.25, 0.3) is 11.0 Å². The Kier molecular flexibility index (Phi) is 6.67. The van der Waals surface area contributed by atoms with Crippen molar-refractivity contribution in [3.8, 4) is 5.75 Å². The number of carbonyl (C=O) groups is 1. The highest BCUT2D eigenvalue weighted by Gasteiger charge is 2.10. The zero-order chi connectivity index (χ0) is 17.5. The van der Waals surface area contributed by atoms with Crippen molar-refractivity contribution in [3.63, 3.8) is 0 Å². The van der Waals surface area contributed by atoms with Crippen LogP contribution in [0.2, 0.25) is 5.02 Å². The molecule has 0 radical (unpaired) electrons. The molecule has 0 aliphatic rings. The van der Waals surface area contributed by atoms with Crippen LogP contribution in [0.1, 0.15) is 38.2 Å². The molecule has 2 rings (SSSR count). The molecule has 0 fully saturated rings. The van der Waals surface area contributed by atoms with Crippen molar-refractivity contribution in [3.05, 3.63) is 39.2 Å². The van der Waals surface area contributed by atoms with Gasteiger partial charge >= 0.3 is 5.63 Å². The number of halogens is 1. The van der Waals surface area contributed by atoms with Crippen LogP contribution in [-0.2, 0) is 4.79 Å². The minimum atomic E-state index is -0.432. The molecular weight excluding hydrogens is 330 g/mol. The fourth-order valence-electron chi connectivity index (χ4n) is 2.40. The lowest BCUT2D eigenvalue weighted by Crippen LogP contribution is -2.29. The fraction of sp³-hybridized carbons (Fsp3) is 0.444. The van der Waals surface area contributed by atoms with Crippen LogP contribution >= 0.6 is 11.6 Å². The molecule has 0 atom stereocenters. The first-order valence-corrected chi connectivity index (χ1v) is 8.52. The van der Waals surface area contributed by atoms with Gasteiger partial charge in [0.05, 0.1) is 5.02 Å². The number of aryl methyl sites for hydroxylation is 1. The average molecular weight is 352 g/mol. The third-order valence-electron chi connectivity index (χ3n) is 3.72. The Labute approximate surface area is 145 Å². The first-order chi connectivity index (χ1) is 11.5. The van der Waals surface area contributed by atoms with Crippen molar-refractivity contribution in [2.75, 3.05) is 13.2 Å². The number of fused-ring (bicyclic) bond motifs is 1. The monoisotopic (exact) mass is 351 g/mol. The lowest BCUT2D eigenvalue weighted by atomic mass is 10.1. The maximum atomic E-state index is 11.8. The van der Waals surface area contributed by atoms with Crippen LogP contribution in [0.4, 0.5) is 0 Å². The highest BCUT2D eigenvalue weighted by molar-refractivity contribution is 6.32. The molecule has 0 spiro atoms. The molecule has 2 aromatic rings. The number of benzene rings is 1. The van der Waals surface area contributed by atoms with E-state index in [4.69, 9.17) is 20.8 Å². The molecule has 1 aromatic heterocycles. The van der Waals surface area contributed by atoms with E-state index in [0.29, 0.717) is 22.9 Å². The molecule has 0 saturated heterocycles. The van der Waals surface area contributed by atoms with E-state index in [-0.39, 0.29) is 12.5 Å². The van der Waals surface area contributed by atoms with Gasteiger partial charge in [-0.25, -0.2) is 4.79 Å². The summed E-state index contributed by atoms with van der Waals surface area (Å²) in [6, 6.07) is 4.62. The molecule has 130 valence electrons. The number of rotatable bonds is 8. The van der Waals surface area contributed by atoms with Crippen molar-refractivity contribution < 1.29 is 13.9 Å². The Hall–Kier alpha value is -2.01. The molecule has 0 saturated carbocycles. The zero-order valence-corrected chi connectivity index (χ0v) is 14.7. The zero-order valence-electron chi connectivity index (χ0n) is 14.0. The molecule has 5 nitrogen and oxygen atoms in total. The number of hydrogen-bond acceptors (Lipinski definition) is 4. The lowest BCUT2D eigenvalue weighted by Gasteiger charge is -2.10. The molecule has 1 amide bonds. The van der Waals surface area contributed by atoms with Gasteiger partial charge in [0.25, 0.3) is 5.91 Å². The number of carbonyl (C=O) groups excluding carboxylic acids is 1. The SMILES string of the molecule is CCCCCCNC(=O)COc1cc2oc(=O)cc(C)c2cc1Cl. The second-order valence-corrected chi connectivity index (χ2v) is 6.13. The van der Waals surface area contributed by atoms with Crippen molar-refractivity contribution in [1.82, 2.24) is 5.32 Å². The largest absolute Gasteiger partial charge is 0.482 e. The Morgan fingerprint density at radius 1 is 1.25 bits per heavy atom. The van der Waals surface area contributed by atoms with Crippen LogP contribution in [0, 0.1) is 6.92 Å². The normalized spacial score (nSPS) is 10.8. The minimum Gasteiger partial charge on any atom is -0.482 e. The number of ether oxygens (including phenoxy) is 1. The van der Waals surface area contributed by atoms with Gasteiger partial charge in [0.2, 0.25) is 0 Å². The number of nitrogens with one attached hydrogen (secondary N) is 1. The van der Waals surface area contributed by atoms with Gasteiger partial charge in [0, 0.05) is 24.1 Å². The first-order valence-electron chi connectivity index (χ1n) is 8.14. The summed E-state index contributed by atoms with van der Waals surface area (Å²) in [7, 11) is 0. The van der Waals surface area contributed by atoms with E-state index in [9.17, 15) is 9.59 Å². The summed E-state index contributed by atoms with van der Waals surface area (Å²) in [6.45, 7) is 4.46. The van der Waals surface area contributed by atoms with Gasteiger partial charge < -0.3 is 14.5 Å². The molecular formula is C18H22ClNO4. The van der Waals surface area contributed by atoms with Crippen LogP contribution in [-0.4, -0.2) is 19.1 Å². The average Bonchev–Trinajstić information content (AvgIpc) is 2.53. The lowest BCUT2D eigenvalue weighted by molar-refractivity contribution is -0.123. The van der Waals surface area contributed by atoms with Gasteiger partial charge in [0.1, 0.15) is 11.3 Å². The second-order valence-electron chi connectivity index (χ2n) is 5.73. The molecule has 0 aliphatic heterocycles. The van der Waals surface area contributed by atoms with E-state index in [2.05, 4.69) is 12.2 Å². The van der Waals surface area contributed by atoms with Crippen LogP contribution in [0.3, 0.4) is 0 Å². The van der Waals surface area contributed by atoms with Gasteiger partial charge in [-0.3, -0.25) is 4.79 Å². The topological polar surface area (TPSA) is 68.5 Å². The van der Waals surface area contributed by atoms with Crippen molar-refractivity contribution >= 4 is 28.5 Å². The van der Waals surface area contributed by atoms with Crippen LogP contribution in [0.15, 0.2) is 27.4 Å². The van der Waals surface area contributed by atoms with Crippen LogP contribution < -0.4 is 15.7 Å². The Bertz CT molecular complexity index is 769. The number of unbranched alkanes of at least 4 members (excludes halogenated alkanes) is 3. The third-order valence-corrected chi connectivity index (χ3v) is 4.01. The fourth-order valence-corrected chi connectivity index (χ4v) is 2.62. The number of hydrogen-bond donors (Lipinski definition) is 1. The molecule has 0 bridgehead atoms. The highest BCUT2D eigenvalue weighted by atomic mass is 35.5. The summed E-state index contributed by atoms with van der Waals surface area (Å²) in [4.78, 5) is 23.2. The van der Waals surface area contributed by atoms with E-state index in [1.807, 2.05) is 6.92 Å². The van der Waals surface area contributed by atoms with E-state index >= 15 is 0 Å². The van der Waals surface area contributed by atoms with Crippen molar-refractivity contribution in [2.45, 2.75) is 39.5 Å². The standard InChI is InChI=1S/C18H22ClNO4/c1-3-4-5-6-7-20-17(21)11-23-16-10-15-13(9-14(16)19)12(2)8-18(22)24-15/h8-10H,3-7,11H2,1-2H3,(H,20,21). The Balaban J connectivity index is 1.96. The summed E-state index contributed by atoms with van der Waals surface area (Å²) in [5, 5.41) is 3.92. The Morgan fingerprint density at radius 2 is 2.04 bits per heavy atom. The van der Waals surface area contributed by atoms with E-state index in [1.54, 1.807) is 12.1 Å². The summed E-state index contributed by atoms with van der Waals surface area (Å²) in [5.41, 5.74) is 0.733. The summed E-state index contributed by atoms with van der Waals surface area (Å²) in [5.74, 6) is 0.118. The maximum absolute atomic E-state index is 11.8. The smallest absolute Gasteiger partial charge is 0.336 e. The second kappa shape index (κ2) is 8.73. The van der Waals surface area contributed by atoms with E-state index < -0.39 is 5.63 Å². The van der Waals surface area contributed by atoms with Gasteiger partial charge in [-0.15, -0.1) is 0 Å². The van der Waals surface area contributed by atoms with E-state index in [1.165, 1.54) is 12.5 Å². The van der Waals surface area contributed by atoms with E-state index in [0.717, 1.165) is 30.2 Å². The molecule has 1 N–H and O–H groups in total. The van der Waals surface area contributed by atoms with Gasteiger partial charge in [0.15, 0.2) is 6.61 Å². The quantitative estimate of drug-likeness (QED) is 0.579. The van der Waals surface area contributed by atoms with Gasteiger partial charge in [-0.2, -0.15) is 0 Å². The van der Waals surface area contributed by atoms with Crippen molar-refractivity contribution in [1.29, 1.82) is 0 Å². The predicted octanol–water partition coefficient (Wildman–Crippen LogP) is 3.83. The van der Waals surface area contributed by atoms with Gasteiger partial charge in [-0.05, 0) is 25.0 Å². The molecule has 1 aromatic carbocycles. The Morgan fingerprint density at radius 3 is 2.79 bits per heavy atom. The van der Waals surface area contributed by atoms with Crippen molar-refractivity contribution in [2.24, 2.45) is 0 Å². The predicted molar refractivity (Wildman–Crippen MR) is 94.9 cm³/mol. The van der Waals surface area contributed by atoms with Crippen LogP contribution in [0.5, 0.6) is 5.75 Å². The molecule has 6 heteroatoms. The summed E-state index contributed by atoms with van der Waals surface area (Å²) in [6.07, 6.45) is 4.39. The van der Waals surface area contributed by atoms with Gasteiger partial charge in [-0.1, -0.05) is 37.8 Å². The minimum absolute atomic E-state index is 0.130. The summed E-state index contributed by atoms with van der Waals surface area (Å²) < 4.78 is 10.6. The first kappa shape index (κ1) is 18.3.